The molecule has 4 amide bonds. The molecule has 29 heavy (non-hydrogen) atoms. The lowest BCUT2D eigenvalue weighted by molar-refractivity contribution is -0.138. The number of hydrogen-bond acceptors (Lipinski definition) is 8. The maximum Gasteiger partial charge on any atom is 0.344 e. The van der Waals surface area contributed by atoms with E-state index in [4.69, 9.17) is 0 Å². The number of urea groups is 1. The molecule has 0 bridgehead atoms. The highest BCUT2D eigenvalue weighted by molar-refractivity contribution is 8.01. The molecule has 2 aromatic rings. The number of hydrogen-bond donors (Lipinski definition) is 3. The molecule has 2 heterocycles. The lowest BCUT2D eigenvalue weighted by atomic mass is 9.87. The van der Waals surface area contributed by atoms with Gasteiger partial charge in [0, 0.05) is 6.54 Å². The SMILES string of the molecule is CCCNc1nnc(SCC(=O)NN2C(=O)NC(CC)(c3ccccc3)C2=O)s1. The monoisotopic (exact) mass is 434 g/mol. The van der Waals surface area contributed by atoms with Crippen molar-refractivity contribution < 1.29 is 14.4 Å². The molecular formula is C18H22N6O3S2. The van der Waals surface area contributed by atoms with Crippen molar-refractivity contribution in [3.05, 3.63) is 35.9 Å². The number of rotatable bonds is 9. The van der Waals surface area contributed by atoms with Crippen LogP contribution in [0.15, 0.2) is 34.7 Å². The van der Waals surface area contributed by atoms with Crippen LogP contribution < -0.4 is 16.1 Å². The normalized spacial score (nSPS) is 18.6. The Balaban J connectivity index is 1.61. The fourth-order valence-electron chi connectivity index (χ4n) is 2.89. The van der Waals surface area contributed by atoms with Crippen molar-refractivity contribution in [2.75, 3.05) is 17.6 Å². The van der Waals surface area contributed by atoms with Gasteiger partial charge in [0.05, 0.1) is 5.75 Å². The fraction of sp³-hybridized carbons (Fsp3) is 0.389. The van der Waals surface area contributed by atoms with Crippen LogP contribution in [-0.4, -0.2) is 45.3 Å². The van der Waals surface area contributed by atoms with Gasteiger partial charge in [0.15, 0.2) is 4.34 Å². The van der Waals surface area contributed by atoms with Crippen LogP contribution in [0.2, 0.25) is 0 Å². The predicted molar refractivity (Wildman–Crippen MR) is 111 cm³/mol. The topological polar surface area (TPSA) is 116 Å². The first-order valence-electron chi connectivity index (χ1n) is 9.22. The molecule has 9 nitrogen and oxygen atoms in total. The Hall–Kier alpha value is -2.66. The summed E-state index contributed by atoms with van der Waals surface area (Å²) in [6.45, 7) is 4.66. The number of thioether (sulfide) groups is 1. The van der Waals surface area contributed by atoms with E-state index >= 15 is 0 Å². The van der Waals surface area contributed by atoms with Gasteiger partial charge in [-0.1, -0.05) is 67.3 Å². The molecule has 0 saturated carbocycles. The van der Waals surface area contributed by atoms with E-state index in [1.54, 1.807) is 24.3 Å². The second-order valence-corrected chi connectivity index (χ2v) is 8.52. The second kappa shape index (κ2) is 9.23. The molecule has 0 radical (unpaired) electrons. The molecular weight excluding hydrogens is 412 g/mol. The number of nitrogens with one attached hydrogen (secondary N) is 3. The summed E-state index contributed by atoms with van der Waals surface area (Å²) >= 11 is 2.54. The fourth-order valence-corrected chi connectivity index (χ4v) is 4.46. The maximum absolute atomic E-state index is 13.0. The Bertz CT molecular complexity index is 891. The minimum absolute atomic E-state index is 0.00390. The number of nitrogens with zero attached hydrogens (tertiary/aromatic N) is 3. The van der Waals surface area contributed by atoms with E-state index in [2.05, 4.69) is 33.2 Å². The van der Waals surface area contributed by atoms with Crippen LogP contribution in [0.5, 0.6) is 0 Å². The van der Waals surface area contributed by atoms with Gasteiger partial charge in [-0.3, -0.25) is 15.0 Å². The van der Waals surface area contributed by atoms with Gasteiger partial charge in [0.25, 0.3) is 5.91 Å². The highest BCUT2D eigenvalue weighted by Crippen LogP contribution is 2.31. The standard InChI is InChI=1S/C18H22N6O3S2/c1-3-10-19-15-21-22-17(29-15)28-11-13(25)23-24-14(26)18(4-2,20-16(24)27)12-8-6-5-7-9-12/h5-9H,3-4,10-11H2,1-2H3,(H,19,21)(H,20,27)(H,23,25). The van der Waals surface area contributed by atoms with Crippen LogP contribution in [-0.2, 0) is 15.1 Å². The number of benzene rings is 1. The number of amides is 4. The number of carbonyl (C=O) groups is 3. The Morgan fingerprint density at radius 2 is 2.00 bits per heavy atom. The molecule has 154 valence electrons. The summed E-state index contributed by atoms with van der Waals surface area (Å²) in [5.41, 5.74) is 1.89. The van der Waals surface area contributed by atoms with Crippen molar-refractivity contribution in [3.8, 4) is 0 Å². The van der Waals surface area contributed by atoms with Gasteiger partial charge in [-0.15, -0.1) is 10.2 Å². The quantitative estimate of drug-likeness (QED) is 0.410. The first-order valence-corrected chi connectivity index (χ1v) is 11.0. The maximum atomic E-state index is 13.0. The minimum atomic E-state index is -1.18. The van der Waals surface area contributed by atoms with E-state index < -0.39 is 23.4 Å². The molecule has 3 rings (SSSR count). The minimum Gasteiger partial charge on any atom is -0.360 e. The van der Waals surface area contributed by atoms with E-state index in [1.165, 1.54) is 23.1 Å². The molecule has 11 heteroatoms. The molecule has 1 saturated heterocycles. The molecule has 1 aliphatic rings. The third kappa shape index (κ3) is 4.51. The number of anilines is 1. The molecule has 0 aliphatic carbocycles. The van der Waals surface area contributed by atoms with Gasteiger partial charge in [-0.25, -0.2) is 4.79 Å². The van der Waals surface area contributed by atoms with Gasteiger partial charge in [0.1, 0.15) is 5.54 Å². The Kier molecular flexibility index (Phi) is 6.70. The summed E-state index contributed by atoms with van der Waals surface area (Å²) in [4.78, 5) is 37.7. The zero-order valence-electron chi connectivity index (χ0n) is 16.1. The zero-order valence-corrected chi connectivity index (χ0v) is 17.7. The summed E-state index contributed by atoms with van der Waals surface area (Å²) in [6.07, 6.45) is 1.33. The van der Waals surface area contributed by atoms with E-state index in [9.17, 15) is 14.4 Å². The Morgan fingerprint density at radius 1 is 1.24 bits per heavy atom. The summed E-state index contributed by atoms with van der Waals surface area (Å²) in [5, 5.41) is 15.3. The van der Waals surface area contributed by atoms with Crippen LogP contribution in [0.1, 0.15) is 32.3 Å². The summed E-state index contributed by atoms with van der Waals surface area (Å²) in [5.74, 6) is -0.975. The van der Waals surface area contributed by atoms with Crippen LogP contribution >= 0.6 is 23.1 Å². The predicted octanol–water partition coefficient (Wildman–Crippen LogP) is 2.34. The largest absolute Gasteiger partial charge is 0.360 e. The van der Waals surface area contributed by atoms with E-state index in [0.717, 1.165) is 18.0 Å². The molecule has 3 N–H and O–H groups in total. The van der Waals surface area contributed by atoms with Gasteiger partial charge in [-0.05, 0) is 18.4 Å². The third-order valence-corrected chi connectivity index (χ3v) is 6.40. The van der Waals surface area contributed by atoms with Gasteiger partial charge in [0.2, 0.25) is 11.0 Å². The molecule has 1 atom stereocenters. The number of carbonyl (C=O) groups excluding carboxylic acids is 3. The van der Waals surface area contributed by atoms with Crippen LogP contribution in [0, 0.1) is 0 Å². The first kappa shape index (κ1) is 21.1. The van der Waals surface area contributed by atoms with Crippen LogP contribution in [0.3, 0.4) is 0 Å². The number of aromatic nitrogens is 2. The third-order valence-electron chi connectivity index (χ3n) is 4.38. The lowest BCUT2D eigenvalue weighted by Gasteiger charge is -2.25. The average Bonchev–Trinajstić information content (AvgIpc) is 3.29. The number of imide groups is 1. The van der Waals surface area contributed by atoms with Crippen molar-refractivity contribution in [3.63, 3.8) is 0 Å². The second-order valence-electron chi connectivity index (χ2n) is 6.32. The Morgan fingerprint density at radius 3 is 2.69 bits per heavy atom. The lowest BCUT2D eigenvalue weighted by Crippen LogP contribution is -2.49. The van der Waals surface area contributed by atoms with E-state index in [0.29, 0.717) is 21.5 Å². The van der Waals surface area contributed by atoms with Crippen molar-refractivity contribution >= 4 is 46.1 Å². The highest BCUT2D eigenvalue weighted by atomic mass is 32.2. The summed E-state index contributed by atoms with van der Waals surface area (Å²) in [6, 6.07) is 8.35. The molecule has 1 aliphatic heterocycles. The molecule has 0 spiro atoms. The Labute approximate surface area is 176 Å². The van der Waals surface area contributed by atoms with E-state index in [1.807, 2.05) is 13.0 Å². The van der Waals surface area contributed by atoms with E-state index in [-0.39, 0.29) is 5.75 Å². The van der Waals surface area contributed by atoms with Crippen molar-refractivity contribution in [1.82, 2.24) is 25.9 Å². The molecule has 1 unspecified atom stereocenters. The molecule has 1 fully saturated rings. The van der Waals surface area contributed by atoms with Crippen molar-refractivity contribution in [2.45, 2.75) is 36.6 Å². The van der Waals surface area contributed by atoms with Crippen LogP contribution in [0.25, 0.3) is 0 Å². The van der Waals surface area contributed by atoms with Gasteiger partial charge in [-0.2, -0.15) is 5.01 Å². The van der Waals surface area contributed by atoms with Gasteiger partial charge < -0.3 is 10.6 Å². The van der Waals surface area contributed by atoms with Crippen molar-refractivity contribution in [2.24, 2.45) is 0 Å². The number of hydrazine groups is 1. The highest BCUT2D eigenvalue weighted by Gasteiger charge is 2.52. The van der Waals surface area contributed by atoms with Crippen molar-refractivity contribution in [1.29, 1.82) is 0 Å². The van der Waals surface area contributed by atoms with Crippen LogP contribution in [0.4, 0.5) is 9.93 Å². The van der Waals surface area contributed by atoms with Gasteiger partial charge >= 0.3 is 6.03 Å². The summed E-state index contributed by atoms with van der Waals surface area (Å²) in [7, 11) is 0. The smallest absolute Gasteiger partial charge is 0.344 e. The zero-order chi connectivity index (χ0) is 20.9. The first-order chi connectivity index (χ1) is 14.0. The summed E-state index contributed by atoms with van der Waals surface area (Å²) < 4.78 is 0.628. The molecule has 1 aromatic carbocycles. The average molecular weight is 435 g/mol. The molecule has 1 aromatic heterocycles.